The van der Waals surface area contributed by atoms with E-state index in [1.807, 2.05) is 13.0 Å². The lowest BCUT2D eigenvalue weighted by Gasteiger charge is -2.30. The van der Waals surface area contributed by atoms with Gasteiger partial charge in [0.1, 0.15) is 24.0 Å². The molecule has 3 aromatic rings. The highest BCUT2D eigenvalue weighted by Crippen LogP contribution is 2.43. The number of ether oxygens (including phenoxy) is 2. The molecule has 31 heavy (non-hydrogen) atoms. The van der Waals surface area contributed by atoms with Gasteiger partial charge in [0.25, 0.3) is 0 Å². The topological polar surface area (TPSA) is 38.8 Å². The highest BCUT2D eigenvalue weighted by molar-refractivity contribution is 6.15. The SMILES string of the molecule is Cc1ccc(CN2COc3c(cc4c(c3C)O/C(=C\c3ccccc3F)C4=O)C2)cc1. The Labute approximate surface area is 180 Å². The van der Waals surface area contributed by atoms with Gasteiger partial charge in [0.2, 0.25) is 5.78 Å². The van der Waals surface area contributed by atoms with Crippen molar-refractivity contribution in [1.82, 2.24) is 4.90 Å². The highest BCUT2D eigenvalue weighted by Gasteiger charge is 2.33. The molecule has 0 saturated heterocycles. The Morgan fingerprint density at radius 3 is 2.61 bits per heavy atom. The summed E-state index contributed by atoms with van der Waals surface area (Å²) in [5, 5.41) is 0. The van der Waals surface area contributed by atoms with Crippen molar-refractivity contribution in [3.8, 4) is 11.5 Å². The molecule has 2 aliphatic rings. The molecule has 0 spiro atoms. The maximum absolute atomic E-state index is 14.0. The first-order valence-electron chi connectivity index (χ1n) is 10.3. The number of hydrogen-bond acceptors (Lipinski definition) is 4. The molecule has 0 bridgehead atoms. The maximum Gasteiger partial charge on any atom is 0.231 e. The number of rotatable bonds is 3. The van der Waals surface area contributed by atoms with E-state index in [2.05, 4.69) is 36.1 Å². The fourth-order valence-corrected chi connectivity index (χ4v) is 4.08. The van der Waals surface area contributed by atoms with E-state index >= 15 is 0 Å². The van der Waals surface area contributed by atoms with Gasteiger partial charge in [0, 0.05) is 29.8 Å². The van der Waals surface area contributed by atoms with Crippen LogP contribution in [0, 0.1) is 19.7 Å². The molecule has 0 amide bonds. The number of nitrogens with zero attached hydrogens (tertiary/aromatic N) is 1. The van der Waals surface area contributed by atoms with E-state index in [9.17, 15) is 9.18 Å². The number of ketones is 1. The zero-order valence-corrected chi connectivity index (χ0v) is 17.4. The number of carbonyl (C=O) groups excluding carboxylic acids is 1. The predicted molar refractivity (Wildman–Crippen MR) is 116 cm³/mol. The van der Waals surface area contributed by atoms with Crippen LogP contribution in [0.4, 0.5) is 4.39 Å². The summed E-state index contributed by atoms with van der Waals surface area (Å²) in [6.07, 6.45) is 1.46. The molecule has 0 aromatic heterocycles. The molecular formula is C26H22FNO3. The maximum atomic E-state index is 14.0. The van der Waals surface area contributed by atoms with Crippen LogP contribution in [0.1, 0.15) is 38.2 Å². The van der Waals surface area contributed by atoms with Crippen LogP contribution in [0.5, 0.6) is 11.5 Å². The third kappa shape index (κ3) is 3.62. The number of allylic oxidation sites excluding steroid dienone is 1. The fraction of sp³-hybridized carbons (Fsp3) is 0.192. The van der Waals surface area contributed by atoms with Crippen molar-refractivity contribution in [2.45, 2.75) is 26.9 Å². The van der Waals surface area contributed by atoms with E-state index in [1.54, 1.807) is 18.2 Å². The van der Waals surface area contributed by atoms with Gasteiger partial charge in [0.15, 0.2) is 5.76 Å². The number of hydrogen-bond donors (Lipinski definition) is 0. The van der Waals surface area contributed by atoms with Crippen LogP contribution in [0.25, 0.3) is 6.08 Å². The summed E-state index contributed by atoms with van der Waals surface area (Å²) in [6, 6.07) is 16.6. The van der Waals surface area contributed by atoms with Crippen molar-refractivity contribution < 1.29 is 18.7 Å². The number of carbonyl (C=O) groups is 1. The van der Waals surface area contributed by atoms with Gasteiger partial charge in [-0.2, -0.15) is 0 Å². The second-order valence-corrected chi connectivity index (χ2v) is 8.07. The van der Waals surface area contributed by atoms with E-state index in [0.29, 0.717) is 30.2 Å². The van der Waals surface area contributed by atoms with Crippen molar-refractivity contribution in [3.05, 3.63) is 99.6 Å². The van der Waals surface area contributed by atoms with Crippen molar-refractivity contribution >= 4 is 11.9 Å². The normalized spacial score (nSPS) is 16.6. The van der Waals surface area contributed by atoms with Gasteiger partial charge in [-0.1, -0.05) is 48.0 Å². The summed E-state index contributed by atoms with van der Waals surface area (Å²) in [7, 11) is 0. The Morgan fingerprint density at radius 1 is 1.06 bits per heavy atom. The average molecular weight is 415 g/mol. The average Bonchev–Trinajstić information content (AvgIpc) is 3.07. The van der Waals surface area contributed by atoms with Gasteiger partial charge in [-0.25, -0.2) is 4.39 Å². The first kappa shape index (κ1) is 19.5. The number of Topliss-reactive ketones (excluding diaryl/α,β-unsaturated/α-hetero) is 1. The molecule has 0 fully saturated rings. The standard InChI is InChI=1S/C26H22FNO3/c1-16-7-9-18(10-8-16)13-28-14-20-11-21-24(29)23(12-19-5-3-4-6-22(19)27)31-26(21)17(2)25(20)30-15-28/h3-12H,13-15H2,1-2H3/b23-12-. The second kappa shape index (κ2) is 7.67. The largest absolute Gasteiger partial charge is 0.477 e. The molecule has 4 nitrogen and oxygen atoms in total. The highest BCUT2D eigenvalue weighted by atomic mass is 19.1. The molecule has 0 N–H and O–H groups in total. The minimum Gasteiger partial charge on any atom is -0.477 e. The van der Waals surface area contributed by atoms with Crippen molar-refractivity contribution in [2.75, 3.05) is 6.73 Å². The monoisotopic (exact) mass is 415 g/mol. The molecule has 0 aliphatic carbocycles. The number of halogens is 1. The lowest BCUT2D eigenvalue weighted by atomic mass is 9.99. The van der Waals surface area contributed by atoms with E-state index < -0.39 is 5.82 Å². The molecule has 2 aliphatic heterocycles. The van der Waals surface area contributed by atoms with Crippen molar-refractivity contribution in [2.24, 2.45) is 0 Å². The molecule has 5 heteroatoms. The molecule has 3 aromatic carbocycles. The van der Waals surface area contributed by atoms with Crippen LogP contribution in [0.2, 0.25) is 0 Å². The van der Waals surface area contributed by atoms with Crippen LogP contribution in [-0.2, 0) is 13.1 Å². The summed E-state index contributed by atoms with van der Waals surface area (Å²) >= 11 is 0. The van der Waals surface area contributed by atoms with E-state index in [4.69, 9.17) is 9.47 Å². The van der Waals surface area contributed by atoms with Gasteiger partial charge in [-0.05, 0) is 37.6 Å². The summed E-state index contributed by atoms with van der Waals surface area (Å²) in [6.45, 7) is 5.87. The molecule has 0 radical (unpaired) electrons. The van der Waals surface area contributed by atoms with Crippen LogP contribution < -0.4 is 9.47 Å². The Bertz CT molecular complexity index is 1210. The van der Waals surface area contributed by atoms with Gasteiger partial charge in [0.05, 0.1) is 5.56 Å². The summed E-state index contributed by atoms with van der Waals surface area (Å²) in [5.41, 5.74) is 5.02. The van der Waals surface area contributed by atoms with Crippen LogP contribution >= 0.6 is 0 Å². The van der Waals surface area contributed by atoms with Crippen LogP contribution in [-0.4, -0.2) is 17.4 Å². The van der Waals surface area contributed by atoms with Gasteiger partial charge >= 0.3 is 0 Å². The Morgan fingerprint density at radius 2 is 1.84 bits per heavy atom. The lowest BCUT2D eigenvalue weighted by molar-refractivity contribution is 0.0876. The number of benzene rings is 3. The molecule has 2 heterocycles. The molecule has 0 unspecified atom stereocenters. The van der Waals surface area contributed by atoms with E-state index in [0.717, 1.165) is 23.4 Å². The lowest BCUT2D eigenvalue weighted by Crippen LogP contribution is -2.32. The first-order chi connectivity index (χ1) is 15.0. The smallest absolute Gasteiger partial charge is 0.231 e. The van der Waals surface area contributed by atoms with Gasteiger partial charge in [-0.15, -0.1) is 0 Å². The quantitative estimate of drug-likeness (QED) is 0.536. The summed E-state index contributed by atoms with van der Waals surface area (Å²) in [4.78, 5) is 15.2. The van der Waals surface area contributed by atoms with Crippen molar-refractivity contribution in [3.63, 3.8) is 0 Å². The fourth-order valence-electron chi connectivity index (χ4n) is 4.08. The van der Waals surface area contributed by atoms with E-state index in [1.165, 1.54) is 23.3 Å². The second-order valence-electron chi connectivity index (χ2n) is 8.07. The summed E-state index contributed by atoms with van der Waals surface area (Å²) < 4.78 is 25.9. The van der Waals surface area contributed by atoms with Gasteiger partial charge < -0.3 is 9.47 Å². The van der Waals surface area contributed by atoms with Crippen LogP contribution in [0.15, 0.2) is 60.4 Å². The third-order valence-electron chi connectivity index (χ3n) is 5.72. The van der Waals surface area contributed by atoms with Crippen LogP contribution in [0.3, 0.4) is 0 Å². The number of fused-ring (bicyclic) bond motifs is 2. The zero-order chi connectivity index (χ0) is 21.5. The molecule has 0 saturated carbocycles. The molecule has 156 valence electrons. The Hall–Kier alpha value is -3.44. The Kier molecular flexibility index (Phi) is 4.83. The molecule has 5 rings (SSSR count). The first-order valence-corrected chi connectivity index (χ1v) is 10.3. The minimum atomic E-state index is -0.395. The minimum absolute atomic E-state index is 0.127. The van der Waals surface area contributed by atoms with Crippen molar-refractivity contribution in [1.29, 1.82) is 0 Å². The zero-order valence-electron chi connectivity index (χ0n) is 17.4. The summed E-state index contributed by atoms with van der Waals surface area (Å²) in [5.74, 6) is 0.757. The molecule has 0 atom stereocenters. The predicted octanol–water partition coefficient (Wildman–Crippen LogP) is 5.41. The number of aryl methyl sites for hydroxylation is 1. The van der Waals surface area contributed by atoms with E-state index in [-0.39, 0.29) is 11.5 Å². The van der Waals surface area contributed by atoms with Gasteiger partial charge in [-0.3, -0.25) is 9.69 Å². The Balaban J connectivity index is 1.43. The molecular weight excluding hydrogens is 393 g/mol. The third-order valence-corrected chi connectivity index (χ3v) is 5.72.